The molecule has 30 N–H and O–H groups in total. The third kappa shape index (κ3) is 44.5. The van der Waals surface area contributed by atoms with Crippen molar-refractivity contribution in [3.63, 3.8) is 0 Å². The van der Waals surface area contributed by atoms with Gasteiger partial charge in [-0.3, -0.25) is 81.5 Å². The minimum absolute atomic E-state index is 0.00850. The van der Waals surface area contributed by atoms with Crippen LogP contribution in [0.25, 0.3) is 0 Å². The standard InChI is InChI=1S/C84H148N22O20/c1-14-49(10)69(80(121)93-44-64(110)95-54(30-20-24-34-85)74(115)100-59(39-47(6)7)78(119)104-68(48(8)9)82(123)101-58(38-46(4)5)77(118)99-57(84(125)126)33-23-27-37-88)105-75(116)55(31-21-25-35-86)96-63(109)42-91-72(113)60(40-53-28-18-17-19-29-53)97-65(111)43-92-73(114)61(41-62(89)108)102-83(124)71(51(12)16-3)103-66(112)45-94-81(122)70(50(11)15-2)106-76(117)56(32-22-26-36-87)98-79(120)67(90)52(13)107/h17-19,28-29,46-52,54-61,67-71,107H,14-16,20-27,30-45,85-88,90H2,1-13H3,(H2,89,108)(H,91,113)(H,92,114)(H,93,121)(H,94,122)(H,95,110)(H,96,109)(H,97,111)(H,98,120)(H,99,118)(H,100,115)(H,101,123)(H,102,124)(H,103,112)(H,104,119)(H,105,116)(H,106,117)(H,125,126)/t49-,50-,51-,52+,54-,55-,56-,57-,58-,59-,60-,61-,67-,68-,69-,70-,71-/m0/s1. The number of aliphatic carboxylic acids is 1. The zero-order valence-electron chi connectivity index (χ0n) is 75.7. The number of amides is 17. The molecule has 0 spiro atoms. The number of rotatable bonds is 65. The second kappa shape index (κ2) is 61.7. The van der Waals surface area contributed by atoms with Gasteiger partial charge in [-0.2, -0.15) is 0 Å². The summed E-state index contributed by atoms with van der Waals surface area (Å²) in [5, 5.41) is 60.7. The summed E-state index contributed by atoms with van der Waals surface area (Å²) in [7, 11) is 0. The number of aliphatic hydroxyl groups excluding tert-OH is 1. The lowest BCUT2D eigenvalue weighted by Crippen LogP contribution is -2.60. The zero-order chi connectivity index (χ0) is 95.5. The normalized spacial score (nSPS) is 15.3. The Balaban J connectivity index is 3.36. The molecule has 0 radical (unpaired) electrons. The predicted octanol–water partition coefficient (Wildman–Crippen LogP) is -4.42. The lowest BCUT2D eigenvalue weighted by molar-refractivity contribution is -0.142. The van der Waals surface area contributed by atoms with E-state index in [4.69, 9.17) is 34.4 Å². The van der Waals surface area contributed by atoms with Gasteiger partial charge in [0.25, 0.3) is 0 Å². The Morgan fingerprint density at radius 3 is 1.01 bits per heavy atom. The van der Waals surface area contributed by atoms with Gasteiger partial charge in [0, 0.05) is 6.42 Å². The molecule has 0 aliphatic rings. The molecule has 42 nitrogen and oxygen atoms in total. The molecule has 0 saturated carbocycles. The molecule has 1 rings (SSSR count). The summed E-state index contributed by atoms with van der Waals surface area (Å²) in [5.41, 5.74) is 34.7. The van der Waals surface area contributed by atoms with Crippen LogP contribution in [-0.4, -0.2) is 254 Å². The second-order valence-electron chi connectivity index (χ2n) is 33.3. The van der Waals surface area contributed by atoms with Crippen LogP contribution in [-0.2, 0) is 92.7 Å². The van der Waals surface area contributed by atoms with E-state index in [9.17, 15) is 96.5 Å². The Kier molecular flexibility index (Phi) is 55.6. The highest BCUT2D eigenvalue weighted by Crippen LogP contribution is 2.17. The molecule has 126 heavy (non-hydrogen) atoms. The van der Waals surface area contributed by atoms with Crippen LogP contribution in [0.1, 0.15) is 211 Å². The smallest absolute Gasteiger partial charge is 0.326 e. The monoisotopic (exact) mass is 1790 g/mol. The lowest BCUT2D eigenvalue weighted by Gasteiger charge is -2.29. The number of aliphatic hydroxyl groups is 1. The molecule has 0 aromatic heterocycles. The van der Waals surface area contributed by atoms with Crippen molar-refractivity contribution < 1.29 is 96.5 Å². The number of hydrogen-bond acceptors (Lipinski definition) is 24. The van der Waals surface area contributed by atoms with E-state index in [0.29, 0.717) is 82.9 Å². The summed E-state index contributed by atoms with van der Waals surface area (Å²) in [4.78, 5) is 246. The number of unbranched alkanes of at least 4 members (excludes halogenated alkanes) is 4. The number of carboxylic acids is 1. The Morgan fingerprint density at radius 1 is 0.333 bits per heavy atom. The van der Waals surface area contributed by atoms with Gasteiger partial charge in [-0.05, 0) is 164 Å². The van der Waals surface area contributed by atoms with E-state index in [1.54, 1.807) is 99.6 Å². The molecule has 1 aromatic carbocycles. The molecule has 1 aromatic rings. The Bertz CT molecular complexity index is 3650. The first-order valence-electron chi connectivity index (χ1n) is 43.9. The molecule has 714 valence electrons. The van der Waals surface area contributed by atoms with E-state index < -0.39 is 247 Å². The molecule has 42 heteroatoms. The first-order valence-corrected chi connectivity index (χ1v) is 43.9. The van der Waals surface area contributed by atoms with Gasteiger partial charge in [-0.25, -0.2) is 4.79 Å². The van der Waals surface area contributed by atoms with Crippen molar-refractivity contribution in [2.75, 3.05) is 52.4 Å². The maximum atomic E-state index is 14.3. The third-order valence-electron chi connectivity index (χ3n) is 21.2. The summed E-state index contributed by atoms with van der Waals surface area (Å²) < 4.78 is 0. The SMILES string of the molecule is CC[C@H](C)[C@H](NC(=O)CNC(=O)[C@@H](NC(=O)[C@H](CCCCN)NC(=O)[C@@H](N)[C@@H](C)O)[C@@H](C)CC)C(=O)N[C@@H](CC(N)=O)C(=O)NCC(=O)N[C@@H](Cc1ccccc1)C(=O)NCC(=O)N[C@@H](CCCCN)C(=O)N[C@H](C(=O)NCC(=O)N[C@@H](CCCCN)C(=O)N[C@@H](CC(C)C)C(=O)N[C@H](C(=O)N[C@@H](CC(C)C)C(=O)N[C@@H](CCCCN)C(=O)O)C(C)C)[C@@H](C)CC. The number of benzene rings is 1. The zero-order valence-corrected chi connectivity index (χ0v) is 75.7. The fourth-order valence-corrected chi connectivity index (χ4v) is 13.0. The van der Waals surface area contributed by atoms with Gasteiger partial charge in [0.1, 0.15) is 78.5 Å². The second-order valence-corrected chi connectivity index (χ2v) is 33.3. The van der Waals surface area contributed by atoms with E-state index >= 15 is 0 Å². The topological polar surface area (TPSA) is 696 Å². The number of primary amides is 1. The van der Waals surface area contributed by atoms with Gasteiger partial charge in [0.05, 0.1) is 38.7 Å². The van der Waals surface area contributed by atoms with Crippen LogP contribution < -0.4 is 119 Å². The van der Waals surface area contributed by atoms with E-state index in [1.165, 1.54) is 6.92 Å². The van der Waals surface area contributed by atoms with Crippen molar-refractivity contribution in [1.29, 1.82) is 0 Å². The lowest BCUT2D eigenvalue weighted by atomic mass is 9.97. The molecule has 0 bridgehead atoms. The fourth-order valence-electron chi connectivity index (χ4n) is 13.0. The van der Waals surface area contributed by atoms with Crippen molar-refractivity contribution in [3.05, 3.63) is 35.9 Å². The van der Waals surface area contributed by atoms with Gasteiger partial charge in [-0.1, -0.05) is 133 Å². The molecule has 0 fully saturated rings. The van der Waals surface area contributed by atoms with Gasteiger partial charge >= 0.3 is 5.97 Å². The van der Waals surface area contributed by atoms with Crippen LogP contribution >= 0.6 is 0 Å². The van der Waals surface area contributed by atoms with Crippen LogP contribution in [0.5, 0.6) is 0 Å². The molecular weight excluding hydrogens is 1640 g/mol. The van der Waals surface area contributed by atoms with Crippen molar-refractivity contribution in [1.82, 2.24) is 85.1 Å². The average molecular weight is 1790 g/mol. The van der Waals surface area contributed by atoms with E-state index in [2.05, 4.69) is 85.1 Å². The number of hydrogen-bond donors (Lipinski definition) is 24. The molecule has 0 heterocycles. The minimum atomic E-state index is -1.74. The number of carbonyl (C=O) groups excluding carboxylic acids is 17. The Hall–Kier alpha value is -10.6. The highest BCUT2D eigenvalue weighted by Gasteiger charge is 2.39. The summed E-state index contributed by atoms with van der Waals surface area (Å²) in [6.07, 6.45) is 2.53. The van der Waals surface area contributed by atoms with Gasteiger partial charge in [-0.15, -0.1) is 0 Å². The quantitative estimate of drug-likeness (QED) is 0.0274. The first-order chi connectivity index (χ1) is 59.4. The summed E-state index contributed by atoms with van der Waals surface area (Å²) >= 11 is 0. The molecule has 0 unspecified atom stereocenters. The highest BCUT2D eigenvalue weighted by atomic mass is 16.4. The van der Waals surface area contributed by atoms with Crippen LogP contribution in [0, 0.1) is 35.5 Å². The van der Waals surface area contributed by atoms with Crippen LogP contribution in [0.3, 0.4) is 0 Å². The summed E-state index contributed by atoms with van der Waals surface area (Å²) in [6, 6.07) is -8.90. The van der Waals surface area contributed by atoms with Gasteiger partial charge < -0.3 is 130 Å². The number of carboxylic acid groups (broad SMARTS) is 1. The first kappa shape index (κ1) is 113. The maximum absolute atomic E-state index is 14.3. The highest BCUT2D eigenvalue weighted by molar-refractivity contribution is 6.01. The summed E-state index contributed by atoms with van der Waals surface area (Å²) in [6.45, 7) is 20.0. The van der Waals surface area contributed by atoms with Crippen molar-refractivity contribution in [2.45, 2.75) is 297 Å². The molecule has 17 atom stereocenters. The van der Waals surface area contributed by atoms with Crippen molar-refractivity contribution in [2.24, 2.45) is 69.9 Å². The third-order valence-corrected chi connectivity index (χ3v) is 21.2. The molecule has 0 aliphatic carbocycles. The van der Waals surface area contributed by atoms with Crippen molar-refractivity contribution >= 4 is 106 Å². The molecular formula is C84H148N22O20. The predicted molar refractivity (Wildman–Crippen MR) is 470 cm³/mol. The van der Waals surface area contributed by atoms with Crippen LogP contribution in [0.4, 0.5) is 0 Å². The molecule has 0 aliphatic heterocycles. The largest absolute Gasteiger partial charge is 0.480 e. The maximum Gasteiger partial charge on any atom is 0.326 e. The van der Waals surface area contributed by atoms with Gasteiger partial charge in [0.2, 0.25) is 100 Å². The van der Waals surface area contributed by atoms with Gasteiger partial charge in [0.15, 0.2) is 0 Å². The minimum Gasteiger partial charge on any atom is -0.480 e. The van der Waals surface area contributed by atoms with E-state index in [-0.39, 0.29) is 76.3 Å². The van der Waals surface area contributed by atoms with Crippen LogP contribution in [0.15, 0.2) is 30.3 Å². The Morgan fingerprint density at radius 2 is 0.635 bits per heavy atom. The summed E-state index contributed by atoms with van der Waals surface area (Å²) in [5.74, 6) is -18.5. The number of nitrogens with two attached hydrogens (primary N) is 6. The number of nitrogens with one attached hydrogen (secondary N) is 16. The van der Waals surface area contributed by atoms with E-state index in [0.717, 1.165) is 0 Å². The van der Waals surface area contributed by atoms with Crippen LogP contribution in [0.2, 0.25) is 0 Å². The molecule has 0 saturated heterocycles. The average Bonchev–Trinajstić information content (AvgIpc) is 0.848. The number of carbonyl (C=O) groups is 18. The fraction of sp³-hybridized carbons (Fsp3) is 0.714. The Labute approximate surface area is 739 Å². The van der Waals surface area contributed by atoms with Crippen molar-refractivity contribution in [3.8, 4) is 0 Å². The van der Waals surface area contributed by atoms with E-state index in [1.807, 2.05) is 13.8 Å². The molecule has 17 amide bonds.